The average Bonchev–Trinajstić information content (AvgIpc) is 2.58. The van der Waals surface area contributed by atoms with Crippen molar-refractivity contribution in [1.29, 1.82) is 0 Å². The van der Waals surface area contributed by atoms with E-state index in [1.807, 2.05) is 19.0 Å². The molecule has 0 aromatic carbocycles. The molecule has 2 heterocycles. The molecule has 0 aromatic rings. The van der Waals surface area contributed by atoms with E-state index >= 15 is 0 Å². The number of amidine groups is 2. The Kier molecular flexibility index (Phi) is 4.18. The van der Waals surface area contributed by atoms with Gasteiger partial charge in [0.1, 0.15) is 12.2 Å². The maximum atomic E-state index is 5.67. The Hall–Kier alpha value is -0.780. The zero-order chi connectivity index (χ0) is 10.9. The largest absolute Gasteiger partial charge is 0.306 e. The van der Waals surface area contributed by atoms with E-state index in [1.54, 1.807) is 6.21 Å². The van der Waals surface area contributed by atoms with Crippen molar-refractivity contribution < 1.29 is 0 Å². The van der Waals surface area contributed by atoms with E-state index in [4.69, 9.17) is 11.6 Å². The van der Waals surface area contributed by atoms with E-state index in [0.29, 0.717) is 24.1 Å². The van der Waals surface area contributed by atoms with E-state index < -0.39 is 5.54 Å². The maximum absolute atomic E-state index is 5.67. The van der Waals surface area contributed by atoms with Crippen molar-refractivity contribution in [3.63, 3.8) is 0 Å². The van der Waals surface area contributed by atoms with Crippen molar-refractivity contribution in [3.05, 3.63) is 0 Å². The van der Waals surface area contributed by atoms with Gasteiger partial charge in [-0.05, 0) is 14.1 Å². The van der Waals surface area contributed by atoms with Crippen molar-refractivity contribution in [3.8, 4) is 0 Å². The van der Waals surface area contributed by atoms with Gasteiger partial charge in [0.15, 0.2) is 11.4 Å². The van der Waals surface area contributed by atoms with Crippen LogP contribution < -0.4 is 0 Å². The number of nitrogens with zero attached hydrogens (tertiary/aromatic N) is 5. The molecule has 0 spiro atoms. The molecule has 2 aliphatic rings. The molecule has 7 heteroatoms. The van der Waals surface area contributed by atoms with Crippen LogP contribution in [0.25, 0.3) is 0 Å². The molecular weight excluding hydrogens is 249 g/mol. The molecule has 0 aliphatic carbocycles. The van der Waals surface area contributed by atoms with Gasteiger partial charge >= 0.3 is 0 Å². The third kappa shape index (κ3) is 2.31. The first-order chi connectivity index (χ1) is 7.16. The molecule has 0 bridgehead atoms. The summed E-state index contributed by atoms with van der Waals surface area (Å²) < 4.78 is 0. The zero-order valence-corrected chi connectivity index (χ0v) is 10.7. The minimum absolute atomic E-state index is 0. The highest BCUT2D eigenvalue weighted by molar-refractivity contribution is 6.32. The number of rotatable bonds is 3. The predicted molar refractivity (Wildman–Crippen MR) is 71.1 cm³/mol. The van der Waals surface area contributed by atoms with E-state index in [2.05, 4.69) is 20.0 Å². The van der Waals surface area contributed by atoms with Gasteiger partial charge in [0.25, 0.3) is 0 Å². The third-order valence-electron chi connectivity index (χ3n) is 2.19. The molecular formula is C9H13Cl2N5. The summed E-state index contributed by atoms with van der Waals surface area (Å²) in [6.07, 6.45) is 3.31. The molecule has 0 fully saturated rings. The lowest BCUT2D eigenvalue weighted by Gasteiger charge is -2.27. The highest BCUT2D eigenvalue weighted by Crippen LogP contribution is 2.21. The van der Waals surface area contributed by atoms with E-state index in [0.717, 1.165) is 0 Å². The third-order valence-corrected chi connectivity index (χ3v) is 2.43. The van der Waals surface area contributed by atoms with Crippen LogP contribution in [-0.4, -0.2) is 61.2 Å². The van der Waals surface area contributed by atoms with Crippen LogP contribution >= 0.6 is 24.0 Å². The highest BCUT2D eigenvalue weighted by atomic mass is 35.5. The van der Waals surface area contributed by atoms with Gasteiger partial charge in [-0.2, -0.15) is 0 Å². The Morgan fingerprint density at radius 1 is 1.44 bits per heavy atom. The molecule has 5 nitrogen and oxygen atoms in total. The number of halogens is 2. The topological polar surface area (TPSA) is 52.7 Å². The van der Waals surface area contributed by atoms with Crippen molar-refractivity contribution >= 4 is 48.2 Å². The number of hydrogen-bond acceptors (Lipinski definition) is 5. The van der Waals surface area contributed by atoms with Crippen LogP contribution in [0.3, 0.4) is 0 Å². The van der Waals surface area contributed by atoms with Crippen LogP contribution in [0.2, 0.25) is 0 Å². The number of fused-ring (bicyclic) bond motifs is 1. The van der Waals surface area contributed by atoms with Crippen LogP contribution in [0.1, 0.15) is 0 Å². The smallest absolute Gasteiger partial charge is 0.169 e. The van der Waals surface area contributed by atoms with E-state index in [1.165, 1.54) is 6.34 Å². The lowest BCUT2D eigenvalue weighted by Crippen LogP contribution is -2.47. The molecule has 16 heavy (non-hydrogen) atoms. The molecule has 0 saturated heterocycles. The van der Waals surface area contributed by atoms with Gasteiger partial charge in [-0.25, -0.2) is 15.0 Å². The Bertz CT molecular complexity index is 385. The van der Waals surface area contributed by atoms with Crippen LogP contribution in [0, 0.1) is 0 Å². The first-order valence-electron chi connectivity index (χ1n) is 4.62. The summed E-state index contributed by atoms with van der Waals surface area (Å²) in [5.41, 5.74) is -0.501. The Morgan fingerprint density at radius 2 is 2.19 bits per heavy atom. The fraction of sp³-hybridized carbons (Fsp3) is 0.556. The number of likely N-dealkylation sites (N-methyl/N-ethyl adjacent to an activating group) is 1. The monoisotopic (exact) mass is 261 g/mol. The second-order valence-electron chi connectivity index (χ2n) is 3.78. The van der Waals surface area contributed by atoms with Gasteiger partial charge in [0.05, 0.1) is 5.88 Å². The number of aliphatic imine (C=N–C) groups is 4. The first kappa shape index (κ1) is 13.3. The first-order valence-corrected chi connectivity index (χ1v) is 5.15. The Balaban J connectivity index is 0.00000128. The summed E-state index contributed by atoms with van der Waals surface area (Å²) in [6.45, 7) is 0.713. The summed E-state index contributed by atoms with van der Waals surface area (Å²) in [5.74, 6) is 1.57. The highest BCUT2D eigenvalue weighted by Gasteiger charge is 2.39. The van der Waals surface area contributed by atoms with Crippen molar-refractivity contribution in [1.82, 2.24) is 4.90 Å². The van der Waals surface area contributed by atoms with Gasteiger partial charge in [-0.1, -0.05) is 0 Å². The molecule has 2 rings (SSSR count). The summed E-state index contributed by atoms with van der Waals surface area (Å²) in [4.78, 5) is 19.0. The van der Waals surface area contributed by atoms with Crippen LogP contribution in [0.5, 0.6) is 0 Å². The van der Waals surface area contributed by atoms with Gasteiger partial charge in [0, 0.05) is 12.8 Å². The van der Waals surface area contributed by atoms with Crippen molar-refractivity contribution in [2.24, 2.45) is 20.0 Å². The van der Waals surface area contributed by atoms with E-state index in [9.17, 15) is 0 Å². The molecule has 0 aromatic heterocycles. The molecule has 0 N–H and O–H groups in total. The molecule has 1 atom stereocenters. The SMILES string of the molecule is CN(C)CC12C=NC(CCl)=NC1=NC=N2.Cl. The van der Waals surface area contributed by atoms with E-state index in [-0.39, 0.29) is 12.4 Å². The van der Waals surface area contributed by atoms with Gasteiger partial charge in [-0.3, -0.25) is 4.99 Å². The lowest BCUT2D eigenvalue weighted by molar-refractivity contribution is 0.383. The fourth-order valence-electron chi connectivity index (χ4n) is 1.60. The second kappa shape index (κ2) is 5.03. The van der Waals surface area contributed by atoms with Crippen molar-refractivity contribution in [2.75, 3.05) is 26.5 Å². The molecule has 0 radical (unpaired) electrons. The fourth-order valence-corrected chi connectivity index (χ4v) is 1.73. The van der Waals surface area contributed by atoms with Gasteiger partial charge in [0.2, 0.25) is 0 Å². The summed E-state index contributed by atoms with van der Waals surface area (Å²) >= 11 is 5.67. The molecule has 88 valence electrons. The van der Waals surface area contributed by atoms with Gasteiger partial charge < -0.3 is 4.90 Å². The zero-order valence-electron chi connectivity index (χ0n) is 9.09. The maximum Gasteiger partial charge on any atom is 0.169 e. The molecule has 0 amide bonds. The standard InChI is InChI=1S/C9H12ClN5.ClH/c1-15(2)5-9-4-11-7(3-10)14-8(9)12-6-13-9;/h4,6H,3,5H2,1-2H3;1H. The van der Waals surface area contributed by atoms with Gasteiger partial charge in [-0.15, -0.1) is 24.0 Å². The second-order valence-corrected chi connectivity index (χ2v) is 4.05. The van der Waals surface area contributed by atoms with Crippen LogP contribution in [0.15, 0.2) is 20.0 Å². The summed E-state index contributed by atoms with van der Waals surface area (Å²) in [6, 6.07) is 0. The molecule has 1 unspecified atom stereocenters. The quantitative estimate of drug-likeness (QED) is 0.696. The lowest BCUT2D eigenvalue weighted by atomic mass is 9.99. The minimum Gasteiger partial charge on any atom is -0.306 e. The molecule has 0 saturated carbocycles. The van der Waals surface area contributed by atoms with Crippen LogP contribution in [-0.2, 0) is 0 Å². The summed E-state index contributed by atoms with van der Waals surface area (Å²) in [5, 5.41) is 0. The molecule has 2 aliphatic heterocycles. The normalized spacial score (nSPS) is 26.2. The average molecular weight is 262 g/mol. The number of alkyl halides is 1. The minimum atomic E-state index is -0.501. The predicted octanol–water partition coefficient (Wildman–Crippen LogP) is 0.871. The van der Waals surface area contributed by atoms with Crippen LogP contribution in [0.4, 0.5) is 0 Å². The van der Waals surface area contributed by atoms with Crippen molar-refractivity contribution in [2.45, 2.75) is 5.54 Å². The Morgan fingerprint density at radius 3 is 2.81 bits per heavy atom. The Labute approximate surface area is 105 Å². The summed E-state index contributed by atoms with van der Waals surface area (Å²) in [7, 11) is 3.96. The number of hydrogen-bond donors (Lipinski definition) is 0.